The molecule has 0 amide bonds. The van der Waals surface area contributed by atoms with Gasteiger partial charge in [-0.05, 0) is 17.5 Å². The maximum Gasteiger partial charge on any atom is 0.337 e. The molecule has 0 saturated carbocycles. The normalized spacial score (nSPS) is 11.2. The van der Waals surface area contributed by atoms with Crippen molar-refractivity contribution in [1.82, 2.24) is 0 Å². The zero-order valence-corrected chi connectivity index (χ0v) is 7.17. The Labute approximate surface area is 74.5 Å². The number of allylic oxidation sites excluding steroid dienone is 2. The molecule has 62 valence electrons. The standard InChI is InChI=1S/C9H8O2S/c1-2-4-7(9(10)11)8-5-3-6-12-8/h2-6H,1H2,(H,10,11). The first-order valence-electron chi connectivity index (χ1n) is 3.35. The number of hydrogen-bond donors (Lipinski definition) is 1. The summed E-state index contributed by atoms with van der Waals surface area (Å²) < 4.78 is 0. The maximum atomic E-state index is 10.7. The van der Waals surface area contributed by atoms with Crippen molar-refractivity contribution in [2.45, 2.75) is 0 Å². The topological polar surface area (TPSA) is 37.3 Å². The molecule has 0 aromatic carbocycles. The van der Waals surface area contributed by atoms with Crippen LogP contribution in [0.25, 0.3) is 5.57 Å². The second kappa shape index (κ2) is 3.88. The monoisotopic (exact) mass is 180 g/mol. The molecular formula is C9H8O2S. The van der Waals surface area contributed by atoms with Gasteiger partial charge in [-0.1, -0.05) is 18.7 Å². The number of carboxylic acids is 1. The lowest BCUT2D eigenvalue weighted by Gasteiger charge is -1.94. The third-order valence-corrected chi connectivity index (χ3v) is 2.20. The quantitative estimate of drug-likeness (QED) is 0.573. The summed E-state index contributed by atoms with van der Waals surface area (Å²) in [5, 5.41) is 10.6. The average Bonchev–Trinajstić information content (AvgIpc) is 2.51. The van der Waals surface area contributed by atoms with Crippen LogP contribution in [0.2, 0.25) is 0 Å². The van der Waals surface area contributed by atoms with Gasteiger partial charge in [0.2, 0.25) is 0 Å². The van der Waals surface area contributed by atoms with Crippen molar-refractivity contribution in [2.24, 2.45) is 0 Å². The molecule has 0 saturated heterocycles. The van der Waals surface area contributed by atoms with E-state index in [1.54, 1.807) is 6.07 Å². The number of thiophene rings is 1. The van der Waals surface area contributed by atoms with E-state index in [2.05, 4.69) is 6.58 Å². The second-order valence-corrected chi connectivity index (χ2v) is 3.05. The second-order valence-electron chi connectivity index (χ2n) is 2.10. The third-order valence-electron chi connectivity index (χ3n) is 1.30. The Bertz CT molecular complexity index is 309. The minimum absolute atomic E-state index is 0.292. The predicted molar refractivity (Wildman–Crippen MR) is 50.1 cm³/mol. The van der Waals surface area contributed by atoms with Gasteiger partial charge in [-0.3, -0.25) is 0 Å². The summed E-state index contributed by atoms with van der Waals surface area (Å²) in [5.74, 6) is -0.919. The Morgan fingerprint density at radius 3 is 2.83 bits per heavy atom. The van der Waals surface area contributed by atoms with Crippen molar-refractivity contribution >= 4 is 22.9 Å². The molecule has 3 heteroatoms. The van der Waals surface area contributed by atoms with E-state index in [9.17, 15) is 4.79 Å². The zero-order chi connectivity index (χ0) is 8.97. The molecule has 0 radical (unpaired) electrons. The van der Waals surface area contributed by atoms with Gasteiger partial charge in [-0.25, -0.2) is 4.79 Å². The van der Waals surface area contributed by atoms with Gasteiger partial charge in [0.15, 0.2) is 0 Å². The lowest BCUT2D eigenvalue weighted by molar-refractivity contribution is -0.130. The lowest BCUT2D eigenvalue weighted by Crippen LogP contribution is -1.96. The van der Waals surface area contributed by atoms with Crippen LogP contribution in [-0.2, 0) is 4.79 Å². The summed E-state index contributed by atoms with van der Waals surface area (Å²) in [4.78, 5) is 11.4. The van der Waals surface area contributed by atoms with E-state index in [4.69, 9.17) is 5.11 Å². The first-order valence-corrected chi connectivity index (χ1v) is 4.23. The fraction of sp³-hybridized carbons (Fsp3) is 0. The summed E-state index contributed by atoms with van der Waals surface area (Å²) >= 11 is 1.40. The molecule has 1 rings (SSSR count). The average molecular weight is 180 g/mol. The van der Waals surface area contributed by atoms with Crippen molar-refractivity contribution in [3.63, 3.8) is 0 Å². The van der Waals surface area contributed by atoms with Gasteiger partial charge in [0.05, 0.1) is 5.57 Å². The van der Waals surface area contributed by atoms with Gasteiger partial charge in [0.1, 0.15) is 0 Å². The predicted octanol–water partition coefficient (Wildman–Crippen LogP) is 2.40. The van der Waals surface area contributed by atoms with Crippen LogP contribution in [0.3, 0.4) is 0 Å². The Kier molecular flexibility index (Phi) is 2.82. The van der Waals surface area contributed by atoms with Crippen LogP contribution >= 0.6 is 11.3 Å². The molecule has 2 nitrogen and oxygen atoms in total. The molecule has 0 aliphatic rings. The van der Waals surface area contributed by atoms with E-state index in [0.29, 0.717) is 5.57 Å². The smallest absolute Gasteiger partial charge is 0.337 e. The van der Waals surface area contributed by atoms with Crippen LogP contribution in [-0.4, -0.2) is 11.1 Å². The van der Waals surface area contributed by atoms with E-state index in [0.717, 1.165) is 4.88 Å². The number of hydrogen-bond acceptors (Lipinski definition) is 2. The molecule has 0 aliphatic carbocycles. The van der Waals surface area contributed by atoms with Crippen molar-refractivity contribution in [1.29, 1.82) is 0 Å². The summed E-state index contributed by atoms with van der Waals surface area (Å²) in [6, 6.07) is 3.59. The zero-order valence-electron chi connectivity index (χ0n) is 6.36. The van der Waals surface area contributed by atoms with Gasteiger partial charge in [-0.2, -0.15) is 0 Å². The first kappa shape index (κ1) is 8.74. The highest BCUT2D eigenvalue weighted by molar-refractivity contribution is 7.11. The van der Waals surface area contributed by atoms with Crippen molar-refractivity contribution in [2.75, 3.05) is 0 Å². The third kappa shape index (κ3) is 1.83. The van der Waals surface area contributed by atoms with E-state index >= 15 is 0 Å². The van der Waals surface area contributed by atoms with Gasteiger partial charge >= 0.3 is 5.97 Å². The van der Waals surface area contributed by atoms with E-state index in [1.807, 2.05) is 11.4 Å². The fourth-order valence-corrected chi connectivity index (χ4v) is 1.55. The number of aliphatic carboxylic acids is 1. The van der Waals surface area contributed by atoms with Gasteiger partial charge in [0.25, 0.3) is 0 Å². The van der Waals surface area contributed by atoms with Crippen LogP contribution in [0.5, 0.6) is 0 Å². The molecule has 1 aromatic rings. The van der Waals surface area contributed by atoms with Crippen LogP contribution < -0.4 is 0 Å². The van der Waals surface area contributed by atoms with Crippen LogP contribution in [0.4, 0.5) is 0 Å². The summed E-state index contributed by atoms with van der Waals surface area (Å²) in [5.41, 5.74) is 0.292. The Balaban J connectivity index is 3.04. The van der Waals surface area contributed by atoms with Gasteiger partial charge in [0, 0.05) is 4.88 Å². The fourth-order valence-electron chi connectivity index (χ4n) is 0.808. The van der Waals surface area contributed by atoms with Crippen LogP contribution in [0, 0.1) is 0 Å². The SMILES string of the molecule is C=CC=C(C(=O)O)c1cccs1. The molecule has 1 aromatic heterocycles. The highest BCUT2D eigenvalue weighted by Crippen LogP contribution is 2.20. The van der Waals surface area contributed by atoms with Gasteiger partial charge in [-0.15, -0.1) is 11.3 Å². The Hall–Kier alpha value is -1.35. The van der Waals surface area contributed by atoms with Crippen molar-refractivity contribution in [3.05, 3.63) is 41.1 Å². The minimum Gasteiger partial charge on any atom is -0.478 e. The highest BCUT2D eigenvalue weighted by atomic mass is 32.1. The molecule has 0 spiro atoms. The van der Waals surface area contributed by atoms with Crippen molar-refractivity contribution < 1.29 is 9.90 Å². The van der Waals surface area contributed by atoms with Crippen LogP contribution in [0.1, 0.15) is 4.88 Å². The van der Waals surface area contributed by atoms with Crippen LogP contribution in [0.15, 0.2) is 36.2 Å². The first-order chi connectivity index (χ1) is 5.75. The lowest BCUT2D eigenvalue weighted by atomic mass is 10.2. The number of carboxylic acid groups (broad SMARTS) is 1. The molecule has 0 fully saturated rings. The van der Waals surface area contributed by atoms with E-state index in [1.165, 1.54) is 23.5 Å². The molecule has 0 aliphatic heterocycles. The molecule has 1 N–H and O–H groups in total. The molecule has 0 atom stereocenters. The Morgan fingerprint density at radius 1 is 1.67 bits per heavy atom. The summed E-state index contributed by atoms with van der Waals surface area (Å²) in [7, 11) is 0. The Morgan fingerprint density at radius 2 is 2.42 bits per heavy atom. The maximum absolute atomic E-state index is 10.7. The van der Waals surface area contributed by atoms with Gasteiger partial charge < -0.3 is 5.11 Å². The molecule has 1 heterocycles. The molecule has 0 unspecified atom stereocenters. The number of rotatable bonds is 3. The molecular weight excluding hydrogens is 172 g/mol. The van der Waals surface area contributed by atoms with E-state index in [-0.39, 0.29) is 0 Å². The summed E-state index contributed by atoms with van der Waals surface area (Å²) in [6.07, 6.45) is 2.97. The minimum atomic E-state index is -0.919. The van der Waals surface area contributed by atoms with E-state index < -0.39 is 5.97 Å². The highest BCUT2D eigenvalue weighted by Gasteiger charge is 2.08. The summed E-state index contributed by atoms with van der Waals surface area (Å²) in [6.45, 7) is 3.46. The molecule has 12 heavy (non-hydrogen) atoms. The van der Waals surface area contributed by atoms with Crippen molar-refractivity contribution in [3.8, 4) is 0 Å². The largest absolute Gasteiger partial charge is 0.478 e. The molecule has 0 bridgehead atoms. The number of carbonyl (C=O) groups is 1.